The summed E-state index contributed by atoms with van der Waals surface area (Å²) >= 11 is 4.81. The van der Waals surface area contributed by atoms with Crippen molar-refractivity contribution in [1.82, 2.24) is 0 Å². The molecule has 1 rings (SSSR count). The number of halogens is 1. The summed E-state index contributed by atoms with van der Waals surface area (Å²) in [5.74, 6) is 0.523. The molecule has 0 bridgehead atoms. The van der Waals surface area contributed by atoms with Crippen LogP contribution in [-0.4, -0.2) is 11.6 Å². The third kappa shape index (κ3) is 5.13. The van der Waals surface area contributed by atoms with Crippen LogP contribution >= 0.6 is 12.2 Å². The molecule has 2 N–H and O–H groups in total. The molecule has 0 saturated heterocycles. The monoisotopic (exact) mass is 255 g/mol. The summed E-state index contributed by atoms with van der Waals surface area (Å²) in [7, 11) is 0. The normalized spacial score (nSPS) is 10.2. The Labute approximate surface area is 107 Å². The molecule has 94 valence electrons. The topological polar surface area (TPSA) is 35.2 Å². The Morgan fingerprint density at radius 2 is 2.24 bits per heavy atom. The summed E-state index contributed by atoms with van der Waals surface area (Å²) in [6, 6.07) is 4.62. The SMILES string of the molecule is CCCOc1ccc(F)cc1CCCC(N)=S. The molecular formula is C13H18FNOS. The number of ether oxygens (including phenoxy) is 1. The lowest BCUT2D eigenvalue weighted by molar-refractivity contribution is 0.313. The average Bonchev–Trinajstić information content (AvgIpc) is 2.27. The van der Waals surface area contributed by atoms with Gasteiger partial charge in [-0.25, -0.2) is 4.39 Å². The number of hydrogen-bond acceptors (Lipinski definition) is 2. The molecule has 1 aromatic carbocycles. The van der Waals surface area contributed by atoms with Gasteiger partial charge in [-0.05, 0) is 49.4 Å². The summed E-state index contributed by atoms with van der Waals surface area (Å²) < 4.78 is 18.7. The molecule has 17 heavy (non-hydrogen) atoms. The van der Waals surface area contributed by atoms with Crippen LogP contribution in [0.4, 0.5) is 4.39 Å². The van der Waals surface area contributed by atoms with Crippen LogP contribution in [0.5, 0.6) is 5.75 Å². The Morgan fingerprint density at radius 3 is 2.88 bits per heavy atom. The summed E-state index contributed by atoms with van der Waals surface area (Å²) in [6.45, 7) is 2.68. The molecule has 0 spiro atoms. The predicted octanol–water partition coefficient (Wildman–Crippen LogP) is 3.22. The number of benzene rings is 1. The van der Waals surface area contributed by atoms with Gasteiger partial charge in [0, 0.05) is 0 Å². The Bertz CT molecular complexity index is 382. The highest BCUT2D eigenvalue weighted by molar-refractivity contribution is 7.80. The van der Waals surface area contributed by atoms with Crippen molar-refractivity contribution in [2.75, 3.05) is 6.61 Å². The zero-order valence-electron chi connectivity index (χ0n) is 10.0. The van der Waals surface area contributed by atoms with Crippen molar-refractivity contribution >= 4 is 17.2 Å². The van der Waals surface area contributed by atoms with Crippen molar-refractivity contribution < 1.29 is 9.13 Å². The maximum atomic E-state index is 13.1. The minimum absolute atomic E-state index is 0.237. The number of thiocarbonyl (C=S) groups is 1. The Kier molecular flexibility index (Phi) is 5.91. The van der Waals surface area contributed by atoms with Gasteiger partial charge in [0.15, 0.2) is 0 Å². The largest absolute Gasteiger partial charge is 0.493 e. The molecule has 4 heteroatoms. The molecule has 0 fully saturated rings. The van der Waals surface area contributed by atoms with Gasteiger partial charge in [-0.1, -0.05) is 19.1 Å². The van der Waals surface area contributed by atoms with Crippen LogP contribution in [0.3, 0.4) is 0 Å². The van der Waals surface area contributed by atoms with Gasteiger partial charge >= 0.3 is 0 Å². The van der Waals surface area contributed by atoms with Crippen LogP contribution < -0.4 is 10.5 Å². The maximum absolute atomic E-state index is 13.1. The van der Waals surface area contributed by atoms with E-state index in [2.05, 4.69) is 0 Å². The fourth-order valence-electron chi connectivity index (χ4n) is 1.55. The molecule has 0 heterocycles. The van der Waals surface area contributed by atoms with Gasteiger partial charge in [0.05, 0.1) is 11.6 Å². The molecule has 0 amide bonds. The van der Waals surface area contributed by atoms with Crippen molar-refractivity contribution in [2.45, 2.75) is 32.6 Å². The molecule has 1 aromatic rings. The van der Waals surface area contributed by atoms with Gasteiger partial charge in [0.1, 0.15) is 11.6 Å². The third-order valence-electron chi connectivity index (χ3n) is 2.35. The highest BCUT2D eigenvalue weighted by Gasteiger charge is 2.05. The van der Waals surface area contributed by atoms with E-state index in [-0.39, 0.29) is 5.82 Å². The molecule has 0 aromatic heterocycles. The molecule has 0 unspecified atom stereocenters. The van der Waals surface area contributed by atoms with Gasteiger partial charge in [-0.15, -0.1) is 0 Å². The van der Waals surface area contributed by atoms with Gasteiger partial charge in [0.2, 0.25) is 0 Å². The lowest BCUT2D eigenvalue weighted by Crippen LogP contribution is -2.08. The molecule has 0 aliphatic carbocycles. The van der Waals surface area contributed by atoms with Crippen LogP contribution in [0.25, 0.3) is 0 Å². The van der Waals surface area contributed by atoms with E-state index in [0.29, 0.717) is 18.0 Å². The standard InChI is InChI=1S/C13H18FNOS/c1-2-8-16-12-7-6-11(14)9-10(12)4-3-5-13(15)17/h6-7,9H,2-5,8H2,1H3,(H2,15,17). The second-order valence-corrected chi connectivity index (χ2v) is 4.44. The second-order valence-electron chi connectivity index (χ2n) is 3.92. The number of aryl methyl sites for hydroxylation is 1. The number of rotatable bonds is 7. The van der Waals surface area contributed by atoms with Crippen LogP contribution in [0.2, 0.25) is 0 Å². The van der Waals surface area contributed by atoms with E-state index >= 15 is 0 Å². The first-order valence-electron chi connectivity index (χ1n) is 5.83. The summed E-state index contributed by atoms with van der Waals surface area (Å²) in [5.41, 5.74) is 6.31. The number of nitrogens with two attached hydrogens (primary N) is 1. The van der Waals surface area contributed by atoms with Gasteiger partial charge < -0.3 is 10.5 Å². The summed E-state index contributed by atoms with van der Waals surface area (Å²) in [4.78, 5) is 0.498. The van der Waals surface area contributed by atoms with E-state index < -0.39 is 0 Å². The van der Waals surface area contributed by atoms with Gasteiger partial charge in [0.25, 0.3) is 0 Å². The maximum Gasteiger partial charge on any atom is 0.123 e. The Morgan fingerprint density at radius 1 is 1.47 bits per heavy atom. The van der Waals surface area contributed by atoms with Crippen molar-refractivity contribution in [3.8, 4) is 5.75 Å². The zero-order chi connectivity index (χ0) is 12.7. The molecule has 0 radical (unpaired) electrons. The fraction of sp³-hybridized carbons (Fsp3) is 0.462. The summed E-state index contributed by atoms with van der Waals surface area (Å²) in [6.07, 6.45) is 3.16. The minimum Gasteiger partial charge on any atom is -0.493 e. The van der Waals surface area contributed by atoms with Crippen LogP contribution in [0, 0.1) is 5.82 Å². The fourth-order valence-corrected chi connectivity index (χ4v) is 1.69. The highest BCUT2D eigenvalue weighted by Crippen LogP contribution is 2.22. The lowest BCUT2D eigenvalue weighted by Gasteiger charge is -2.10. The Balaban J connectivity index is 2.65. The third-order valence-corrected chi connectivity index (χ3v) is 2.56. The van der Waals surface area contributed by atoms with Crippen molar-refractivity contribution in [2.24, 2.45) is 5.73 Å². The van der Waals surface area contributed by atoms with E-state index in [0.717, 1.165) is 30.6 Å². The van der Waals surface area contributed by atoms with Crippen molar-refractivity contribution in [1.29, 1.82) is 0 Å². The van der Waals surface area contributed by atoms with Crippen LogP contribution in [0.15, 0.2) is 18.2 Å². The van der Waals surface area contributed by atoms with Gasteiger partial charge in [-0.3, -0.25) is 0 Å². The predicted molar refractivity (Wildman–Crippen MR) is 71.9 cm³/mol. The molecule has 0 aliphatic rings. The smallest absolute Gasteiger partial charge is 0.123 e. The van der Waals surface area contributed by atoms with Crippen molar-refractivity contribution in [3.63, 3.8) is 0 Å². The van der Waals surface area contributed by atoms with E-state index in [1.165, 1.54) is 12.1 Å². The highest BCUT2D eigenvalue weighted by atomic mass is 32.1. The molecule has 0 atom stereocenters. The van der Waals surface area contributed by atoms with E-state index in [1.807, 2.05) is 6.92 Å². The average molecular weight is 255 g/mol. The van der Waals surface area contributed by atoms with Gasteiger partial charge in [-0.2, -0.15) is 0 Å². The first kappa shape index (κ1) is 13.9. The minimum atomic E-state index is -0.237. The quantitative estimate of drug-likeness (QED) is 0.760. The van der Waals surface area contributed by atoms with Crippen LogP contribution in [0.1, 0.15) is 31.7 Å². The van der Waals surface area contributed by atoms with Crippen LogP contribution in [-0.2, 0) is 6.42 Å². The first-order valence-corrected chi connectivity index (χ1v) is 6.24. The second kappa shape index (κ2) is 7.22. The molecule has 2 nitrogen and oxygen atoms in total. The van der Waals surface area contributed by atoms with Crippen molar-refractivity contribution in [3.05, 3.63) is 29.6 Å². The van der Waals surface area contributed by atoms with E-state index in [4.69, 9.17) is 22.7 Å². The Hall–Kier alpha value is -1.16. The molecule has 0 saturated carbocycles. The molecule has 0 aliphatic heterocycles. The summed E-state index contributed by atoms with van der Waals surface area (Å²) in [5, 5.41) is 0. The zero-order valence-corrected chi connectivity index (χ0v) is 10.9. The van der Waals surface area contributed by atoms with E-state index in [1.54, 1.807) is 6.07 Å². The first-order chi connectivity index (χ1) is 8.13. The lowest BCUT2D eigenvalue weighted by atomic mass is 10.1. The number of hydrogen-bond donors (Lipinski definition) is 1. The molecular weight excluding hydrogens is 237 g/mol. The van der Waals surface area contributed by atoms with E-state index in [9.17, 15) is 4.39 Å².